The lowest BCUT2D eigenvalue weighted by Crippen LogP contribution is -2.54. The van der Waals surface area contributed by atoms with Crippen molar-refractivity contribution in [3.8, 4) is 0 Å². The predicted molar refractivity (Wildman–Crippen MR) is 123 cm³/mol. The van der Waals surface area contributed by atoms with Crippen molar-refractivity contribution in [2.24, 2.45) is 4.99 Å². The standard InChI is InChI=1S/C18H26BrN5O3.HI/c1-3-27-18(26)24-11-9-23(10-12-24)17(20-2)22-8-7-21-16(25)14-5-4-6-15(19)13-14;/h4-6,13H,3,7-12H2,1-2H3,(H,20,22)(H,21,25);1H. The normalized spacial score (nSPS) is 14.2. The Morgan fingerprint density at radius 3 is 2.39 bits per heavy atom. The average Bonchev–Trinajstić information content (AvgIpc) is 2.68. The van der Waals surface area contributed by atoms with Crippen LogP contribution >= 0.6 is 39.9 Å². The summed E-state index contributed by atoms with van der Waals surface area (Å²) in [5.41, 5.74) is 0.615. The number of carbonyl (C=O) groups is 2. The van der Waals surface area contributed by atoms with Crippen molar-refractivity contribution in [1.29, 1.82) is 0 Å². The van der Waals surface area contributed by atoms with Crippen LogP contribution in [0.5, 0.6) is 0 Å². The van der Waals surface area contributed by atoms with Gasteiger partial charge in [0.2, 0.25) is 0 Å². The fourth-order valence-electron chi connectivity index (χ4n) is 2.73. The number of piperazine rings is 1. The minimum absolute atomic E-state index is 0. The van der Waals surface area contributed by atoms with Gasteiger partial charge >= 0.3 is 6.09 Å². The maximum absolute atomic E-state index is 12.1. The summed E-state index contributed by atoms with van der Waals surface area (Å²) in [4.78, 5) is 31.9. The van der Waals surface area contributed by atoms with E-state index < -0.39 is 0 Å². The highest BCUT2D eigenvalue weighted by Gasteiger charge is 2.23. The van der Waals surface area contributed by atoms with E-state index in [1.54, 1.807) is 31.0 Å². The third-order valence-electron chi connectivity index (χ3n) is 4.10. The molecule has 28 heavy (non-hydrogen) atoms. The maximum Gasteiger partial charge on any atom is 0.409 e. The molecule has 8 nitrogen and oxygen atoms in total. The minimum atomic E-state index is -0.268. The molecule has 0 saturated carbocycles. The van der Waals surface area contributed by atoms with Crippen LogP contribution in [0.3, 0.4) is 0 Å². The van der Waals surface area contributed by atoms with E-state index in [1.165, 1.54) is 0 Å². The second kappa shape index (κ2) is 12.8. The molecule has 156 valence electrons. The van der Waals surface area contributed by atoms with E-state index in [-0.39, 0.29) is 36.0 Å². The topological polar surface area (TPSA) is 86.3 Å². The Labute approximate surface area is 191 Å². The molecule has 1 aliphatic rings. The predicted octanol–water partition coefficient (Wildman–Crippen LogP) is 2.15. The molecule has 0 aliphatic carbocycles. The molecule has 10 heteroatoms. The fourth-order valence-corrected chi connectivity index (χ4v) is 3.13. The minimum Gasteiger partial charge on any atom is -0.450 e. The van der Waals surface area contributed by atoms with Crippen molar-refractivity contribution in [2.75, 3.05) is 52.9 Å². The third kappa shape index (κ3) is 7.46. The Morgan fingerprint density at radius 1 is 1.14 bits per heavy atom. The van der Waals surface area contributed by atoms with Crippen LogP contribution in [0.15, 0.2) is 33.7 Å². The molecule has 0 spiro atoms. The SMILES string of the molecule is CCOC(=O)N1CCN(C(=NC)NCCNC(=O)c2cccc(Br)c2)CC1.I. The van der Waals surface area contributed by atoms with Crippen molar-refractivity contribution in [3.63, 3.8) is 0 Å². The second-order valence-corrected chi connectivity index (χ2v) is 6.83. The van der Waals surface area contributed by atoms with Crippen LogP contribution < -0.4 is 10.6 Å². The zero-order valence-electron chi connectivity index (χ0n) is 16.1. The molecular weight excluding hydrogens is 541 g/mol. The Balaban J connectivity index is 0.00000392. The van der Waals surface area contributed by atoms with Crippen molar-refractivity contribution in [3.05, 3.63) is 34.3 Å². The van der Waals surface area contributed by atoms with Crippen LogP contribution in [0.4, 0.5) is 4.79 Å². The number of nitrogens with one attached hydrogen (secondary N) is 2. The molecule has 1 aromatic carbocycles. The molecule has 2 rings (SSSR count). The molecule has 0 bridgehead atoms. The first-order valence-electron chi connectivity index (χ1n) is 8.96. The molecule has 0 aromatic heterocycles. The lowest BCUT2D eigenvalue weighted by atomic mass is 10.2. The molecule has 0 atom stereocenters. The number of hydrogen-bond donors (Lipinski definition) is 2. The number of nitrogens with zero attached hydrogens (tertiary/aromatic N) is 3. The van der Waals surface area contributed by atoms with Crippen molar-refractivity contribution >= 4 is 57.9 Å². The second-order valence-electron chi connectivity index (χ2n) is 5.91. The highest BCUT2D eigenvalue weighted by molar-refractivity contribution is 14.0. The monoisotopic (exact) mass is 567 g/mol. The van der Waals surface area contributed by atoms with Gasteiger partial charge in [0, 0.05) is 56.4 Å². The number of amides is 2. The van der Waals surface area contributed by atoms with Gasteiger partial charge in [0.05, 0.1) is 6.61 Å². The van der Waals surface area contributed by atoms with Gasteiger partial charge in [0.1, 0.15) is 0 Å². The van der Waals surface area contributed by atoms with Gasteiger partial charge in [0.15, 0.2) is 5.96 Å². The molecular formula is C18H27BrIN5O3. The zero-order valence-corrected chi connectivity index (χ0v) is 20.0. The summed E-state index contributed by atoms with van der Waals surface area (Å²) in [6.07, 6.45) is -0.268. The summed E-state index contributed by atoms with van der Waals surface area (Å²) >= 11 is 3.36. The van der Waals surface area contributed by atoms with Gasteiger partial charge in [-0.2, -0.15) is 0 Å². The molecule has 1 fully saturated rings. The Morgan fingerprint density at radius 2 is 1.79 bits per heavy atom. The Bertz CT molecular complexity index is 681. The summed E-state index contributed by atoms with van der Waals surface area (Å²) in [6.45, 7) is 5.78. The fraction of sp³-hybridized carbons (Fsp3) is 0.500. The summed E-state index contributed by atoms with van der Waals surface area (Å²) in [6, 6.07) is 7.26. The number of aliphatic imine (C=N–C) groups is 1. The number of carbonyl (C=O) groups excluding carboxylic acids is 2. The summed E-state index contributed by atoms with van der Waals surface area (Å²) in [7, 11) is 1.72. The first-order chi connectivity index (χ1) is 13.0. The van der Waals surface area contributed by atoms with Crippen molar-refractivity contribution in [1.82, 2.24) is 20.4 Å². The van der Waals surface area contributed by atoms with E-state index in [4.69, 9.17) is 4.74 Å². The van der Waals surface area contributed by atoms with Crippen LogP contribution in [-0.4, -0.2) is 80.7 Å². The molecule has 1 heterocycles. The molecule has 1 aliphatic heterocycles. The van der Waals surface area contributed by atoms with Crippen LogP contribution in [0.1, 0.15) is 17.3 Å². The van der Waals surface area contributed by atoms with Gasteiger partial charge in [-0.05, 0) is 25.1 Å². The molecule has 0 unspecified atom stereocenters. The smallest absolute Gasteiger partial charge is 0.409 e. The van der Waals surface area contributed by atoms with Gasteiger partial charge in [-0.25, -0.2) is 4.79 Å². The first-order valence-corrected chi connectivity index (χ1v) is 9.75. The molecule has 2 N–H and O–H groups in total. The van der Waals surface area contributed by atoms with Gasteiger partial charge in [0.25, 0.3) is 5.91 Å². The molecule has 1 saturated heterocycles. The van der Waals surface area contributed by atoms with Crippen molar-refractivity contribution in [2.45, 2.75) is 6.92 Å². The zero-order chi connectivity index (χ0) is 19.6. The summed E-state index contributed by atoms with van der Waals surface area (Å²) < 4.78 is 5.90. The summed E-state index contributed by atoms with van der Waals surface area (Å²) in [5.74, 6) is 0.645. The van der Waals surface area contributed by atoms with E-state index in [2.05, 4.69) is 36.5 Å². The van der Waals surface area contributed by atoms with Gasteiger partial charge < -0.3 is 25.2 Å². The number of rotatable bonds is 5. The number of benzene rings is 1. The van der Waals surface area contributed by atoms with Crippen LogP contribution in [-0.2, 0) is 4.74 Å². The van der Waals surface area contributed by atoms with E-state index in [0.29, 0.717) is 51.4 Å². The van der Waals surface area contributed by atoms with E-state index in [9.17, 15) is 9.59 Å². The van der Waals surface area contributed by atoms with E-state index in [0.717, 1.165) is 10.4 Å². The van der Waals surface area contributed by atoms with Crippen molar-refractivity contribution < 1.29 is 14.3 Å². The lowest BCUT2D eigenvalue weighted by Gasteiger charge is -2.35. The van der Waals surface area contributed by atoms with Gasteiger partial charge in [-0.15, -0.1) is 24.0 Å². The average molecular weight is 568 g/mol. The van der Waals surface area contributed by atoms with E-state index in [1.807, 2.05) is 12.1 Å². The van der Waals surface area contributed by atoms with Crippen LogP contribution in [0.2, 0.25) is 0 Å². The van der Waals surface area contributed by atoms with Crippen LogP contribution in [0, 0.1) is 0 Å². The third-order valence-corrected chi connectivity index (χ3v) is 4.59. The highest BCUT2D eigenvalue weighted by Crippen LogP contribution is 2.11. The number of hydrogen-bond acceptors (Lipinski definition) is 4. The Hall–Kier alpha value is -1.56. The largest absolute Gasteiger partial charge is 0.450 e. The lowest BCUT2D eigenvalue weighted by molar-refractivity contribution is 0.0914. The Kier molecular flexibility index (Phi) is 11.2. The number of halogens is 2. The first kappa shape index (κ1) is 24.5. The molecule has 2 amide bonds. The molecule has 1 aromatic rings. The van der Waals surface area contributed by atoms with E-state index >= 15 is 0 Å². The number of guanidine groups is 1. The van der Waals surface area contributed by atoms with Gasteiger partial charge in [-0.1, -0.05) is 22.0 Å². The number of ether oxygens (including phenoxy) is 1. The summed E-state index contributed by atoms with van der Waals surface area (Å²) in [5, 5.41) is 6.12. The van der Waals surface area contributed by atoms with Crippen LogP contribution in [0.25, 0.3) is 0 Å². The quantitative estimate of drug-likeness (QED) is 0.246. The maximum atomic E-state index is 12.1. The van der Waals surface area contributed by atoms with Gasteiger partial charge in [-0.3, -0.25) is 9.79 Å². The molecule has 0 radical (unpaired) electrons. The highest BCUT2D eigenvalue weighted by atomic mass is 127.